The minimum absolute atomic E-state index is 0.186. The standard InChI is InChI=1S/C22H33FN4O/c1-22(2,3)21(23)16-27-14-19-12-26(13-20(15-27)28-19)10-4-9-25-18-7-5-17(11-24)6-8-18/h5-8,19-21,25H,4,9-10,12-16H2,1-3H3. The van der Waals surface area contributed by atoms with Crippen molar-refractivity contribution in [2.75, 3.05) is 51.1 Å². The molecule has 2 fully saturated rings. The van der Waals surface area contributed by atoms with E-state index in [0.717, 1.165) is 51.4 Å². The van der Waals surface area contributed by atoms with Gasteiger partial charge in [-0.05, 0) is 36.1 Å². The molecule has 0 aliphatic carbocycles. The Morgan fingerprint density at radius 2 is 1.75 bits per heavy atom. The molecule has 0 radical (unpaired) electrons. The number of hydrogen-bond acceptors (Lipinski definition) is 5. The molecule has 154 valence electrons. The molecule has 0 aromatic heterocycles. The van der Waals surface area contributed by atoms with Crippen molar-refractivity contribution in [1.82, 2.24) is 9.80 Å². The van der Waals surface area contributed by atoms with E-state index < -0.39 is 6.17 Å². The molecule has 2 bridgehead atoms. The van der Waals surface area contributed by atoms with Crippen molar-refractivity contribution >= 4 is 5.69 Å². The van der Waals surface area contributed by atoms with Gasteiger partial charge in [-0.3, -0.25) is 9.80 Å². The van der Waals surface area contributed by atoms with Crippen molar-refractivity contribution in [3.8, 4) is 6.07 Å². The molecule has 0 saturated carbocycles. The number of nitriles is 1. The smallest absolute Gasteiger partial charge is 0.118 e. The minimum Gasteiger partial charge on any atom is -0.385 e. The summed E-state index contributed by atoms with van der Waals surface area (Å²) in [5.41, 5.74) is 1.43. The Morgan fingerprint density at radius 3 is 2.32 bits per heavy atom. The number of benzene rings is 1. The average Bonchev–Trinajstić information content (AvgIpc) is 2.64. The number of nitrogens with one attached hydrogen (secondary N) is 1. The van der Waals surface area contributed by atoms with Gasteiger partial charge < -0.3 is 10.1 Å². The molecule has 1 aromatic rings. The van der Waals surface area contributed by atoms with E-state index in [9.17, 15) is 4.39 Å². The molecular weight excluding hydrogens is 355 g/mol. The number of fused-ring (bicyclic) bond motifs is 2. The fourth-order valence-electron chi connectivity index (χ4n) is 3.89. The Labute approximate surface area is 168 Å². The van der Waals surface area contributed by atoms with Crippen molar-refractivity contribution < 1.29 is 9.13 Å². The van der Waals surface area contributed by atoms with Gasteiger partial charge >= 0.3 is 0 Å². The number of alkyl halides is 1. The molecule has 0 spiro atoms. The topological polar surface area (TPSA) is 51.5 Å². The summed E-state index contributed by atoms with van der Waals surface area (Å²) < 4.78 is 20.5. The second kappa shape index (κ2) is 9.21. The first-order valence-electron chi connectivity index (χ1n) is 10.3. The number of nitrogens with zero attached hydrogens (tertiary/aromatic N) is 3. The van der Waals surface area contributed by atoms with Crippen LogP contribution >= 0.6 is 0 Å². The van der Waals surface area contributed by atoms with Crippen LogP contribution in [0.1, 0.15) is 32.8 Å². The summed E-state index contributed by atoms with van der Waals surface area (Å²) in [5.74, 6) is 0. The summed E-state index contributed by atoms with van der Waals surface area (Å²) in [6, 6.07) is 9.69. The monoisotopic (exact) mass is 388 g/mol. The highest BCUT2D eigenvalue weighted by molar-refractivity contribution is 5.47. The van der Waals surface area contributed by atoms with Crippen molar-refractivity contribution in [3.63, 3.8) is 0 Å². The third kappa shape index (κ3) is 5.91. The molecule has 1 aromatic carbocycles. The molecule has 3 unspecified atom stereocenters. The van der Waals surface area contributed by atoms with Gasteiger partial charge in [0.1, 0.15) is 6.17 Å². The van der Waals surface area contributed by atoms with Gasteiger partial charge in [-0.2, -0.15) is 5.26 Å². The zero-order valence-electron chi connectivity index (χ0n) is 17.3. The van der Waals surface area contributed by atoms with Crippen molar-refractivity contribution in [3.05, 3.63) is 29.8 Å². The van der Waals surface area contributed by atoms with Gasteiger partial charge in [0.2, 0.25) is 0 Å². The molecule has 2 heterocycles. The van der Waals surface area contributed by atoms with Crippen molar-refractivity contribution in [1.29, 1.82) is 5.26 Å². The van der Waals surface area contributed by atoms with Gasteiger partial charge in [0, 0.05) is 51.5 Å². The maximum Gasteiger partial charge on any atom is 0.118 e. The van der Waals surface area contributed by atoms with Crippen molar-refractivity contribution in [2.24, 2.45) is 5.41 Å². The van der Waals surface area contributed by atoms with Crippen LogP contribution in [-0.2, 0) is 4.74 Å². The highest BCUT2D eigenvalue weighted by Crippen LogP contribution is 2.26. The molecule has 2 aliphatic rings. The number of hydrogen-bond donors (Lipinski definition) is 1. The van der Waals surface area contributed by atoms with E-state index >= 15 is 0 Å². The van der Waals surface area contributed by atoms with Crippen LogP contribution in [0.2, 0.25) is 0 Å². The van der Waals surface area contributed by atoms with Gasteiger partial charge in [0.05, 0.1) is 23.8 Å². The molecule has 1 N–H and O–H groups in total. The van der Waals surface area contributed by atoms with Crippen LogP contribution in [0.5, 0.6) is 0 Å². The summed E-state index contributed by atoms with van der Waals surface area (Å²) in [5, 5.41) is 12.3. The second-order valence-corrected chi connectivity index (χ2v) is 9.16. The SMILES string of the molecule is CC(C)(C)C(F)CN1CC2CN(CCCNc3ccc(C#N)cc3)CC(C1)O2. The maximum absolute atomic E-state index is 14.4. The van der Waals surface area contributed by atoms with Crippen molar-refractivity contribution in [2.45, 2.75) is 45.6 Å². The molecular formula is C22H33FN4O. The van der Waals surface area contributed by atoms with Crippen LogP contribution in [-0.4, -0.2) is 74.0 Å². The first-order valence-corrected chi connectivity index (χ1v) is 10.3. The Hall–Kier alpha value is -1.68. The number of rotatable bonds is 7. The summed E-state index contributed by atoms with van der Waals surface area (Å²) in [7, 11) is 0. The number of anilines is 1. The average molecular weight is 389 g/mol. The minimum atomic E-state index is -0.810. The molecule has 3 atom stereocenters. The van der Waals surface area contributed by atoms with Gasteiger partial charge in [-0.1, -0.05) is 20.8 Å². The van der Waals surface area contributed by atoms with Crippen LogP contribution in [0.25, 0.3) is 0 Å². The third-order valence-corrected chi connectivity index (χ3v) is 5.58. The molecule has 2 aliphatic heterocycles. The van der Waals surface area contributed by atoms with Crippen LogP contribution in [0.15, 0.2) is 24.3 Å². The Morgan fingerprint density at radius 1 is 1.14 bits per heavy atom. The van der Waals surface area contributed by atoms with Crippen LogP contribution in [0, 0.1) is 16.7 Å². The lowest BCUT2D eigenvalue weighted by atomic mass is 9.89. The van der Waals surface area contributed by atoms with E-state index in [2.05, 4.69) is 21.2 Å². The Kier molecular flexibility index (Phi) is 6.92. The van der Waals surface area contributed by atoms with E-state index in [0.29, 0.717) is 12.1 Å². The van der Waals surface area contributed by atoms with E-state index in [1.165, 1.54) is 0 Å². The lowest BCUT2D eigenvalue weighted by Gasteiger charge is -2.46. The van der Waals surface area contributed by atoms with Gasteiger partial charge in [0.15, 0.2) is 0 Å². The zero-order chi connectivity index (χ0) is 20.1. The molecule has 0 amide bonds. The van der Waals surface area contributed by atoms with E-state index in [4.69, 9.17) is 10.00 Å². The molecule has 5 nitrogen and oxygen atoms in total. The highest BCUT2D eigenvalue weighted by atomic mass is 19.1. The first kappa shape index (κ1) is 21.0. The summed E-state index contributed by atoms with van der Waals surface area (Å²) in [4.78, 5) is 4.73. The fraction of sp³-hybridized carbons (Fsp3) is 0.682. The summed E-state index contributed by atoms with van der Waals surface area (Å²) in [6.07, 6.45) is 0.618. The van der Waals surface area contributed by atoms with Gasteiger partial charge in [0.25, 0.3) is 0 Å². The maximum atomic E-state index is 14.4. The second-order valence-electron chi connectivity index (χ2n) is 9.16. The molecule has 3 rings (SSSR count). The Bertz CT molecular complexity index is 653. The zero-order valence-corrected chi connectivity index (χ0v) is 17.3. The highest BCUT2D eigenvalue weighted by Gasteiger charge is 2.36. The number of halogens is 1. The van der Waals surface area contributed by atoms with E-state index in [1.807, 2.05) is 45.0 Å². The first-order chi connectivity index (χ1) is 13.3. The number of morpholine rings is 2. The lowest BCUT2D eigenvalue weighted by Crippen LogP contribution is -2.60. The van der Waals surface area contributed by atoms with E-state index in [-0.39, 0.29) is 17.6 Å². The molecule has 2 saturated heterocycles. The summed E-state index contributed by atoms with van der Waals surface area (Å²) >= 11 is 0. The van der Waals surface area contributed by atoms with Gasteiger partial charge in [-0.25, -0.2) is 4.39 Å². The van der Waals surface area contributed by atoms with E-state index in [1.54, 1.807) is 0 Å². The molecule has 28 heavy (non-hydrogen) atoms. The van der Waals surface area contributed by atoms with Crippen LogP contribution in [0.3, 0.4) is 0 Å². The predicted molar refractivity (Wildman–Crippen MR) is 110 cm³/mol. The van der Waals surface area contributed by atoms with Crippen LogP contribution in [0.4, 0.5) is 10.1 Å². The van der Waals surface area contributed by atoms with Crippen LogP contribution < -0.4 is 5.32 Å². The summed E-state index contributed by atoms with van der Waals surface area (Å²) in [6.45, 7) is 11.8. The molecule has 6 heteroatoms. The quantitative estimate of drug-likeness (QED) is 0.728. The predicted octanol–water partition coefficient (Wildman–Crippen LogP) is 3.13. The van der Waals surface area contributed by atoms with Gasteiger partial charge in [-0.15, -0.1) is 0 Å². The fourth-order valence-corrected chi connectivity index (χ4v) is 3.89. The normalized spacial score (nSPS) is 24.5. The number of ether oxygens (including phenoxy) is 1. The Balaban J connectivity index is 1.37. The lowest BCUT2D eigenvalue weighted by molar-refractivity contribution is -0.142. The largest absolute Gasteiger partial charge is 0.385 e. The third-order valence-electron chi connectivity index (χ3n) is 5.58.